The summed E-state index contributed by atoms with van der Waals surface area (Å²) >= 11 is 7.06. The van der Waals surface area contributed by atoms with Crippen molar-refractivity contribution in [3.8, 4) is 0 Å². The van der Waals surface area contributed by atoms with Gasteiger partial charge in [-0.05, 0) is 0 Å². The zero-order chi connectivity index (χ0) is 9.68. The molecular weight excluding hydrogens is 212 g/mol. The SMILES string of the molecule is OCC(O)CNCc1ncc(Cl)s1. The van der Waals surface area contributed by atoms with Crippen LogP contribution in [0.5, 0.6) is 0 Å². The van der Waals surface area contributed by atoms with Crippen LogP contribution in [0.2, 0.25) is 4.34 Å². The molecule has 0 spiro atoms. The lowest BCUT2D eigenvalue weighted by Crippen LogP contribution is -2.28. The molecule has 0 aliphatic carbocycles. The van der Waals surface area contributed by atoms with Gasteiger partial charge in [-0.3, -0.25) is 0 Å². The van der Waals surface area contributed by atoms with Gasteiger partial charge in [-0.1, -0.05) is 11.6 Å². The summed E-state index contributed by atoms with van der Waals surface area (Å²) in [6, 6.07) is 0. The lowest BCUT2D eigenvalue weighted by atomic mass is 10.4. The van der Waals surface area contributed by atoms with Gasteiger partial charge in [0.15, 0.2) is 0 Å². The number of aliphatic hydroxyl groups is 2. The monoisotopic (exact) mass is 222 g/mol. The molecule has 0 saturated carbocycles. The highest BCUT2D eigenvalue weighted by molar-refractivity contribution is 7.15. The van der Waals surface area contributed by atoms with Crippen LogP contribution in [0.4, 0.5) is 0 Å². The molecule has 1 atom stereocenters. The molecule has 0 saturated heterocycles. The Balaban J connectivity index is 2.20. The lowest BCUT2D eigenvalue weighted by molar-refractivity contribution is 0.0942. The van der Waals surface area contributed by atoms with E-state index in [1.165, 1.54) is 11.3 Å². The van der Waals surface area contributed by atoms with Crippen LogP contribution in [0.3, 0.4) is 0 Å². The van der Waals surface area contributed by atoms with E-state index >= 15 is 0 Å². The smallest absolute Gasteiger partial charge is 0.113 e. The van der Waals surface area contributed by atoms with E-state index in [0.717, 1.165) is 5.01 Å². The normalized spacial score (nSPS) is 13.2. The maximum atomic E-state index is 8.99. The van der Waals surface area contributed by atoms with Gasteiger partial charge in [-0.2, -0.15) is 0 Å². The molecule has 0 aromatic carbocycles. The van der Waals surface area contributed by atoms with Crippen molar-refractivity contribution >= 4 is 22.9 Å². The van der Waals surface area contributed by atoms with E-state index in [0.29, 0.717) is 17.4 Å². The van der Waals surface area contributed by atoms with E-state index in [1.54, 1.807) is 6.20 Å². The highest BCUT2D eigenvalue weighted by Crippen LogP contribution is 2.17. The van der Waals surface area contributed by atoms with Crippen LogP contribution < -0.4 is 5.32 Å². The molecular formula is C7H11ClN2O2S. The summed E-state index contributed by atoms with van der Waals surface area (Å²) in [5.41, 5.74) is 0. The van der Waals surface area contributed by atoms with Crippen LogP contribution in [-0.4, -0.2) is 34.5 Å². The van der Waals surface area contributed by atoms with Crippen molar-refractivity contribution in [2.45, 2.75) is 12.6 Å². The molecule has 1 unspecified atom stereocenters. The second kappa shape index (κ2) is 5.51. The molecule has 0 bridgehead atoms. The molecule has 13 heavy (non-hydrogen) atoms. The Morgan fingerprint density at radius 1 is 1.69 bits per heavy atom. The zero-order valence-electron chi connectivity index (χ0n) is 6.90. The highest BCUT2D eigenvalue weighted by Gasteiger charge is 2.02. The molecule has 0 amide bonds. The Kier molecular flexibility index (Phi) is 4.61. The molecule has 0 radical (unpaired) electrons. The van der Waals surface area contributed by atoms with E-state index < -0.39 is 6.10 Å². The van der Waals surface area contributed by atoms with Crippen LogP contribution in [0.1, 0.15) is 5.01 Å². The predicted molar refractivity (Wildman–Crippen MR) is 51.9 cm³/mol. The van der Waals surface area contributed by atoms with Crippen LogP contribution in [0.15, 0.2) is 6.20 Å². The summed E-state index contributed by atoms with van der Waals surface area (Å²) in [5, 5.41) is 21.3. The number of aromatic nitrogens is 1. The number of nitrogens with zero attached hydrogens (tertiary/aromatic N) is 1. The van der Waals surface area contributed by atoms with Crippen molar-refractivity contribution in [2.24, 2.45) is 0 Å². The van der Waals surface area contributed by atoms with Crippen LogP contribution in [0.25, 0.3) is 0 Å². The molecule has 1 aromatic rings. The van der Waals surface area contributed by atoms with E-state index in [9.17, 15) is 0 Å². The largest absolute Gasteiger partial charge is 0.394 e. The third-order valence-electron chi connectivity index (χ3n) is 1.39. The van der Waals surface area contributed by atoms with E-state index in [-0.39, 0.29) is 6.61 Å². The van der Waals surface area contributed by atoms with Crippen LogP contribution in [0, 0.1) is 0 Å². The first-order valence-electron chi connectivity index (χ1n) is 3.82. The van der Waals surface area contributed by atoms with E-state index in [1.807, 2.05) is 0 Å². The average molecular weight is 223 g/mol. The Morgan fingerprint density at radius 3 is 3.00 bits per heavy atom. The van der Waals surface area contributed by atoms with Crippen molar-refractivity contribution < 1.29 is 10.2 Å². The van der Waals surface area contributed by atoms with Gasteiger partial charge in [0, 0.05) is 13.1 Å². The lowest BCUT2D eigenvalue weighted by Gasteiger charge is -2.06. The second-order valence-corrected chi connectivity index (χ2v) is 4.27. The second-order valence-electron chi connectivity index (χ2n) is 2.53. The molecule has 0 aliphatic rings. The average Bonchev–Trinajstić information content (AvgIpc) is 2.51. The summed E-state index contributed by atoms with van der Waals surface area (Å²) in [7, 11) is 0. The van der Waals surface area contributed by atoms with Gasteiger partial charge in [-0.25, -0.2) is 4.98 Å². The van der Waals surface area contributed by atoms with Gasteiger partial charge < -0.3 is 15.5 Å². The van der Waals surface area contributed by atoms with E-state index in [2.05, 4.69) is 10.3 Å². The summed E-state index contributed by atoms with van der Waals surface area (Å²) < 4.78 is 0.652. The molecule has 0 aliphatic heterocycles. The third-order valence-corrected chi connectivity index (χ3v) is 2.51. The van der Waals surface area contributed by atoms with Gasteiger partial charge >= 0.3 is 0 Å². The summed E-state index contributed by atoms with van der Waals surface area (Å²) in [6.45, 7) is 0.688. The maximum absolute atomic E-state index is 8.99. The molecule has 74 valence electrons. The Hall–Kier alpha value is -0.200. The number of nitrogens with one attached hydrogen (secondary N) is 1. The topological polar surface area (TPSA) is 65.4 Å². The number of halogens is 1. The third kappa shape index (κ3) is 4.02. The summed E-state index contributed by atoms with van der Waals surface area (Å²) in [4.78, 5) is 4.02. The number of hydrogen-bond acceptors (Lipinski definition) is 5. The number of rotatable bonds is 5. The number of aliphatic hydroxyl groups excluding tert-OH is 2. The van der Waals surface area contributed by atoms with Gasteiger partial charge in [0.05, 0.1) is 18.9 Å². The molecule has 0 fully saturated rings. The van der Waals surface area contributed by atoms with Crippen molar-refractivity contribution in [1.82, 2.24) is 10.3 Å². The minimum Gasteiger partial charge on any atom is -0.394 e. The highest BCUT2D eigenvalue weighted by atomic mass is 35.5. The predicted octanol–water partition coefficient (Wildman–Crippen LogP) is 0.239. The fraction of sp³-hybridized carbons (Fsp3) is 0.571. The van der Waals surface area contributed by atoms with Gasteiger partial charge in [0.25, 0.3) is 0 Å². The fourth-order valence-corrected chi connectivity index (χ4v) is 1.71. The maximum Gasteiger partial charge on any atom is 0.113 e. The zero-order valence-corrected chi connectivity index (χ0v) is 8.48. The molecule has 1 aromatic heterocycles. The number of hydrogen-bond donors (Lipinski definition) is 3. The molecule has 1 rings (SSSR count). The first-order chi connectivity index (χ1) is 6.22. The van der Waals surface area contributed by atoms with Crippen molar-refractivity contribution in [3.05, 3.63) is 15.5 Å². The minimum absolute atomic E-state index is 0.231. The Morgan fingerprint density at radius 2 is 2.46 bits per heavy atom. The first kappa shape index (κ1) is 10.9. The van der Waals surface area contributed by atoms with Crippen molar-refractivity contribution in [2.75, 3.05) is 13.2 Å². The number of thiazole rings is 1. The van der Waals surface area contributed by atoms with Crippen molar-refractivity contribution in [3.63, 3.8) is 0 Å². The van der Waals surface area contributed by atoms with E-state index in [4.69, 9.17) is 21.8 Å². The molecule has 4 nitrogen and oxygen atoms in total. The van der Waals surface area contributed by atoms with Crippen molar-refractivity contribution in [1.29, 1.82) is 0 Å². The first-order valence-corrected chi connectivity index (χ1v) is 5.01. The standard InChI is InChI=1S/C7H11ClN2O2S/c8-6-2-10-7(13-6)3-9-1-5(12)4-11/h2,5,9,11-12H,1,3-4H2. The van der Waals surface area contributed by atoms with Crippen LogP contribution >= 0.6 is 22.9 Å². The molecule has 6 heteroatoms. The molecule has 1 heterocycles. The van der Waals surface area contributed by atoms with Gasteiger partial charge in [0.1, 0.15) is 9.34 Å². The fourth-order valence-electron chi connectivity index (χ4n) is 0.780. The van der Waals surface area contributed by atoms with Gasteiger partial charge in [-0.15, -0.1) is 11.3 Å². The van der Waals surface area contributed by atoms with Gasteiger partial charge in [0.2, 0.25) is 0 Å². The van der Waals surface area contributed by atoms with Crippen LogP contribution in [-0.2, 0) is 6.54 Å². The minimum atomic E-state index is -0.713. The Labute approximate surface area is 85.2 Å². The molecule has 3 N–H and O–H groups in total. The summed E-state index contributed by atoms with van der Waals surface area (Å²) in [5.74, 6) is 0. The Bertz CT molecular complexity index is 256. The summed E-state index contributed by atoms with van der Waals surface area (Å²) in [6.07, 6.45) is 0.876. The quantitative estimate of drug-likeness (QED) is 0.668.